The van der Waals surface area contributed by atoms with Gasteiger partial charge in [0, 0.05) is 0 Å². The van der Waals surface area contributed by atoms with Crippen LogP contribution in [0.4, 0.5) is 5.69 Å². The monoisotopic (exact) mass is 224 g/mol. The highest BCUT2D eigenvalue weighted by molar-refractivity contribution is 5.92. The second-order valence-electron chi connectivity index (χ2n) is 3.39. The van der Waals surface area contributed by atoms with Crippen molar-refractivity contribution in [1.82, 2.24) is 4.98 Å². The Labute approximate surface area is 92.3 Å². The Morgan fingerprint density at radius 2 is 2.38 bits per heavy atom. The van der Waals surface area contributed by atoms with E-state index in [2.05, 4.69) is 9.72 Å². The van der Waals surface area contributed by atoms with Gasteiger partial charge in [0.25, 0.3) is 0 Å². The molecule has 0 bridgehead atoms. The van der Waals surface area contributed by atoms with Crippen molar-refractivity contribution in [3.63, 3.8) is 0 Å². The predicted molar refractivity (Wildman–Crippen MR) is 55.2 cm³/mol. The molecule has 0 spiro atoms. The number of pyridine rings is 1. The third kappa shape index (κ3) is 2.06. The number of esters is 1. The van der Waals surface area contributed by atoms with Crippen molar-refractivity contribution in [2.75, 3.05) is 26.1 Å². The first-order valence-electron chi connectivity index (χ1n) is 4.79. The Morgan fingerprint density at radius 1 is 1.62 bits per heavy atom. The zero-order chi connectivity index (χ0) is 11.5. The molecule has 1 aliphatic heterocycles. The van der Waals surface area contributed by atoms with Crippen molar-refractivity contribution in [2.24, 2.45) is 0 Å². The van der Waals surface area contributed by atoms with E-state index in [1.54, 1.807) is 0 Å². The zero-order valence-electron chi connectivity index (χ0n) is 8.80. The van der Waals surface area contributed by atoms with Crippen LogP contribution < -0.4 is 10.5 Å². The lowest BCUT2D eigenvalue weighted by molar-refractivity contribution is -0.0816. The Kier molecular flexibility index (Phi) is 2.91. The Bertz CT molecular complexity index is 404. The number of nitrogens with two attached hydrogens (primary N) is 1. The van der Waals surface area contributed by atoms with Crippen molar-refractivity contribution in [3.8, 4) is 5.88 Å². The van der Waals surface area contributed by atoms with Crippen molar-refractivity contribution < 1.29 is 19.0 Å². The number of rotatable bonds is 3. The lowest BCUT2D eigenvalue weighted by atomic mass is 10.2. The fraction of sp³-hybridized carbons (Fsp3) is 0.400. The summed E-state index contributed by atoms with van der Waals surface area (Å²) in [6.07, 6.45) is 1.38. The quantitative estimate of drug-likeness (QED) is 0.740. The van der Waals surface area contributed by atoms with E-state index in [1.165, 1.54) is 19.4 Å². The molecule has 0 radical (unpaired) electrons. The summed E-state index contributed by atoms with van der Waals surface area (Å²) in [6.45, 7) is 1.01. The summed E-state index contributed by atoms with van der Waals surface area (Å²) in [5.74, 6) is -0.288. The zero-order valence-corrected chi connectivity index (χ0v) is 8.80. The van der Waals surface area contributed by atoms with Gasteiger partial charge in [-0.1, -0.05) is 0 Å². The van der Waals surface area contributed by atoms with Gasteiger partial charge in [-0.2, -0.15) is 0 Å². The van der Waals surface area contributed by atoms with E-state index in [4.69, 9.17) is 15.2 Å². The largest absolute Gasteiger partial charge is 0.469 e. The molecule has 2 rings (SSSR count). The summed E-state index contributed by atoms with van der Waals surface area (Å²) in [7, 11) is 1.29. The van der Waals surface area contributed by atoms with Gasteiger partial charge in [-0.05, 0) is 6.07 Å². The van der Waals surface area contributed by atoms with Gasteiger partial charge in [0.05, 0.1) is 32.2 Å². The number of nitrogens with zero attached hydrogens (tertiary/aromatic N) is 1. The normalized spacial score (nSPS) is 15.3. The lowest BCUT2D eigenvalue weighted by Crippen LogP contribution is -2.39. The molecule has 0 aromatic carbocycles. The highest BCUT2D eigenvalue weighted by Crippen LogP contribution is 2.21. The molecule has 1 fully saturated rings. The molecular weight excluding hydrogens is 212 g/mol. The smallest absolute Gasteiger partial charge is 0.343 e. The van der Waals surface area contributed by atoms with E-state index in [0.717, 1.165) is 0 Å². The third-order valence-corrected chi connectivity index (χ3v) is 2.16. The van der Waals surface area contributed by atoms with Gasteiger partial charge in [-0.3, -0.25) is 0 Å². The number of carbonyl (C=O) groups excluding carboxylic acids is 1. The predicted octanol–water partition coefficient (Wildman–Crippen LogP) is 0.228. The second kappa shape index (κ2) is 4.36. The maximum absolute atomic E-state index is 11.4. The minimum atomic E-state index is -0.518. The number of nitrogen functional groups attached to an aromatic ring is 1. The van der Waals surface area contributed by atoms with Crippen LogP contribution in [0.3, 0.4) is 0 Å². The van der Waals surface area contributed by atoms with Crippen LogP contribution in [0, 0.1) is 0 Å². The fourth-order valence-electron chi connectivity index (χ4n) is 1.26. The van der Waals surface area contributed by atoms with E-state index >= 15 is 0 Å². The molecule has 2 heterocycles. The summed E-state index contributed by atoms with van der Waals surface area (Å²) in [5, 5.41) is 0. The number of aromatic nitrogens is 1. The molecule has 6 heteroatoms. The van der Waals surface area contributed by atoms with Crippen LogP contribution in [0.15, 0.2) is 12.3 Å². The molecule has 1 saturated heterocycles. The van der Waals surface area contributed by atoms with E-state index in [1.807, 2.05) is 0 Å². The Hall–Kier alpha value is -1.82. The molecule has 0 saturated carbocycles. The molecule has 0 amide bonds. The molecule has 2 N–H and O–H groups in total. The van der Waals surface area contributed by atoms with Gasteiger partial charge in [0.1, 0.15) is 11.7 Å². The molecule has 16 heavy (non-hydrogen) atoms. The van der Waals surface area contributed by atoms with Crippen LogP contribution in [0.5, 0.6) is 5.88 Å². The number of methoxy groups -OCH3 is 1. The summed E-state index contributed by atoms with van der Waals surface area (Å²) in [6, 6.07) is 1.48. The number of anilines is 1. The molecule has 86 valence electrons. The maximum atomic E-state index is 11.4. The van der Waals surface area contributed by atoms with Gasteiger partial charge in [0.2, 0.25) is 5.88 Å². The van der Waals surface area contributed by atoms with Crippen LogP contribution in [0.1, 0.15) is 10.4 Å². The minimum Gasteiger partial charge on any atom is -0.469 e. The molecule has 0 unspecified atom stereocenters. The highest BCUT2D eigenvalue weighted by atomic mass is 16.6. The van der Waals surface area contributed by atoms with E-state index in [-0.39, 0.29) is 17.5 Å². The van der Waals surface area contributed by atoms with Crippen LogP contribution >= 0.6 is 0 Å². The average Bonchev–Trinajstić information content (AvgIpc) is 2.23. The first kappa shape index (κ1) is 10.7. The Balaban J connectivity index is 2.23. The number of hydrogen-bond donors (Lipinski definition) is 1. The third-order valence-electron chi connectivity index (χ3n) is 2.16. The van der Waals surface area contributed by atoms with Gasteiger partial charge in [-0.25, -0.2) is 9.78 Å². The number of hydrogen-bond acceptors (Lipinski definition) is 6. The van der Waals surface area contributed by atoms with E-state index in [9.17, 15) is 4.79 Å². The summed E-state index contributed by atoms with van der Waals surface area (Å²) < 4.78 is 15.1. The number of carbonyl (C=O) groups is 1. The van der Waals surface area contributed by atoms with Crippen LogP contribution in [0.2, 0.25) is 0 Å². The molecule has 6 nitrogen and oxygen atoms in total. The minimum absolute atomic E-state index is 0.0560. The molecule has 0 atom stereocenters. The summed E-state index contributed by atoms with van der Waals surface area (Å²) in [5.41, 5.74) is 6.16. The SMILES string of the molecule is COC(=O)c1cc(N)cnc1OC1COC1. The maximum Gasteiger partial charge on any atom is 0.343 e. The summed E-state index contributed by atoms with van der Waals surface area (Å²) in [4.78, 5) is 15.4. The molecule has 1 aromatic rings. The van der Waals surface area contributed by atoms with E-state index < -0.39 is 5.97 Å². The van der Waals surface area contributed by atoms with Gasteiger partial charge >= 0.3 is 5.97 Å². The fourth-order valence-corrected chi connectivity index (χ4v) is 1.26. The number of ether oxygens (including phenoxy) is 3. The van der Waals surface area contributed by atoms with Gasteiger partial charge < -0.3 is 19.9 Å². The first-order valence-corrected chi connectivity index (χ1v) is 4.79. The first-order chi connectivity index (χ1) is 7.70. The highest BCUT2D eigenvalue weighted by Gasteiger charge is 2.24. The molecule has 1 aromatic heterocycles. The van der Waals surface area contributed by atoms with Crippen LogP contribution in [-0.4, -0.2) is 37.4 Å². The van der Waals surface area contributed by atoms with Crippen molar-refractivity contribution >= 4 is 11.7 Å². The Morgan fingerprint density at radius 3 is 2.94 bits per heavy atom. The average molecular weight is 224 g/mol. The van der Waals surface area contributed by atoms with Gasteiger partial charge in [0.15, 0.2) is 0 Å². The van der Waals surface area contributed by atoms with Crippen molar-refractivity contribution in [2.45, 2.75) is 6.10 Å². The van der Waals surface area contributed by atoms with Crippen molar-refractivity contribution in [1.29, 1.82) is 0 Å². The van der Waals surface area contributed by atoms with Crippen LogP contribution in [-0.2, 0) is 9.47 Å². The van der Waals surface area contributed by atoms with Crippen molar-refractivity contribution in [3.05, 3.63) is 17.8 Å². The lowest BCUT2D eigenvalue weighted by Gasteiger charge is -2.26. The second-order valence-corrected chi connectivity index (χ2v) is 3.39. The molecule has 0 aliphatic carbocycles. The van der Waals surface area contributed by atoms with Gasteiger partial charge in [-0.15, -0.1) is 0 Å². The molecular formula is C10H12N2O4. The standard InChI is InChI=1S/C10H12N2O4/c1-14-10(13)8-2-6(11)3-12-9(8)16-7-4-15-5-7/h2-3,7H,4-5,11H2,1H3. The molecule has 1 aliphatic rings. The topological polar surface area (TPSA) is 83.7 Å². The summed E-state index contributed by atoms with van der Waals surface area (Å²) >= 11 is 0. The van der Waals surface area contributed by atoms with E-state index in [0.29, 0.717) is 18.9 Å². The van der Waals surface area contributed by atoms with Crippen LogP contribution in [0.25, 0.3) is 0 Å².